The molecule has 1 aromatic rings. The molecule has 19 heavy (non-hydrogen) atoms. The highest BCUT2D eigenvalue weighted by Gasteiger charge is 2.26. The fraction of sp³-hybridized carbons (Fsp3) is 0.333. The van der Waals surface area contributed by atoms with Crippen molar-refractivity contribution in [3.8, 4) is 0 Å². The molecule has 0 radical (unpaired) electrons. The highest BCUT2D eigenvalue weighted by molar-refractivity contribution is 7.77. The van der Waals surface area contributed by atoms with Crippen LogP contribution in [0.2, 0.25) is 0 Å². The molecule has 0 amide bonds. The summed E-state index contributed by atoms with van der Waals surface area (Å²) in [7, 11) is 0. The van der Waals surface area contributed by atoms with Crippen LogP contribution in [0.1, 0.15) is 24.8 Å². The van der Waals surface area contributed by atoms with Gasteiger partial charge in [0.15, 0.2) is 0 Å². The van der Waals surface area contributed by atoms with Gasteiger partial charge in [-0.05, 0) is 18.6 Å². The molecule has 0 fully saturated rings. The molecule has 104 valence electrons. The first kappa shape index (κ1) is 15.3. The maximum absolute atomic E-state index is 11.6. The Morgan fingerprint density at radius 1 is 1.47 bits per heavy atom. The first-order valence-electron chi connectivity index (χ1n) is 5.70. The van der Waals surface area contributed by atoms with Crippen LogP contribution in [0, 0.1) is 0 Å². The fourth-order valence-electron chi connectivity index (χ4n) is 1.54. The number of hydroxylamine groups is 1. The van der Waals surface area contributed by atoms with E-state index in [1.807, 2.05) is 0 Å². The van der Waals surface area contributed by atoms with Crippen LogP contribution >= 0.6 is 12.8 Å². The van der Waals surface area contributed by atoms with Crippen LogP contribution in [0.3, 0.4) is 0 Å². The highest BCUT2D eigenvalue weighted by Crippen LogP contribution is 2.26. The average Bonchev–Trinajstić information content (AvgIpc) is 2.36. The standard InChI is InChI=1S/C12H16N2O4S/c1-2-14(19)18-11(15)7-9(12(16)17)8-5-3-4-6-10(8)13/h3-6,9,19H,2,7,13H2,1H3,(H,16,17). The second-order valence-electron chi connectivity index (χ2n) is 3.86. The molecular weight excluding hydrogens is 268 g/mol. The third-order valence-electron chi connectivity index (χ3n) is 2.52. The number of carbonyl (C=O) groups is 2. The summed E-state index contributed by atoms with van der Waals surface area (Å²) in [6, 6.07) is 6.54. The van der Waals surface area contributed by atoms with Gasteiger partial charge in [-0.15, -0.1) is 0 Å². The summed E-state index contributed by atoms with van der Waals surface area (Å²) >= 11 is 3.87. The maximum Gasteiger partial charge on any atom is 0.327 e. The topological polar surface area (TPSA) is 92.9 Å². The van der Waals surface area contributed by atoms with Crippen LogP contribution < -0.4 is 5.73 Å². The van der Waals surface area contributed by atoms with Gasteiger partial charge in [0.1, 0.15) is 0 Å². The van der Waals surface area contributed by atoms with Crippen LogP contribution in [0.5, 0.6) is 0 Å². The van der Waals surface area contributed by atoms with Crippen molar-refractivity contribution in [1.82, 2.24) is 4.47 Å². The molecule has 6 nitrogen and oxygen atoms in total. The van der Waals surface area contributed by atoms with E-state index in [0.29, 0.717) is 17.8 Å². The number of aliphatic carboxylic acids is 1. The van der Waals surface area contributed by atoms with Gasteiger partial charge >= 0.3 is 11.9 Å². The lowest BCUT2D eigenvalue weighted by atomic mass is 9.94. The molecule has 1 atom stereocenters. The normalized spacial score (nSPS) is 12.2. The number of nitrogen functional groups attached to an aromatic ring is 1. The summed E-state index contributed by atoms with van der Waals surface area (Å²) in [5.74, 6) is -2.84. The second kappa shape index (κ2) is 7.01. The van der Waals surface area contributed by atoms with Crippen LogP contribution in [0.15, 0.2) is 24.3 Å². The first-order chi connectivity index (χ1) is 8.95. The summed E-state index contributed by atoms with van der Waals surface area (Å²) in [5, 5.41) is 9.20. The van der Waals surface area contributed by atoms with Crippen molar-refractivity contribution in [2.45, 2.75) is 19.3 Å². The number of carboxylic acid groups (broad SMARTS) is 1. The average molecular weight is 284 g/mol. The Kier molecular flexibility index (Phi) is 5.65. The van der Waals surface area contributed by atoms with E-state index in [2.05, 4.69) is 12.8 Å². The largest absolute Gasteiger partial charge is 0.481 e. The van der Waals surface area contributed by atoms with Gasteiger partial charge in [-0.1, -0.05) is 35.5 Å². The van der Waals surface area contributed by atoms with E-state index < -0.39 is 17.9 Å². The van der Waals surface area contributed by atoms with E-state index in [1.165, 1.54) is 0 Å². The van der Waals surface area contributed by atoms with Crippen molar-refractivity contribution in [3.63, 3.8) is 0 Å². The summed E-state index contributed by atoms with van der Waals surface area (Å²) in [4.78, 5) is 27.6. The number of anilines is 1. The number of hydrogen-bond donors (Lipinski definition) is 3. The van der Waals surface area contributed by atoms with Crippen LogP contribution in [0.4, 0.5) is 5.69 Å². The minimum atomic E-state index is -1.13. The number of hydrogen-bond acceptors (Lipinski definition) is 6. The first-order valence-corrected chi connectivity index (χ1v) is 6.10. The van der Waals surface area contributed by atoms with Crippen LogP contribution in [0.25, 0.3) is 0 Å². The molecule has 1 rings (SSSR count). The zero-order chi connectivity index (χ0) is 14.4. The Balaban J connectivity index is 2.83. The summed E-state index contributed by atoms with van der Waals surface area (Å²) in [5.41, 5.74) is 6.45. The number of para-hydroxylation sites is 1. The minimum Gasteiger partial charge on any atom is -0.481 e. The van der Waals surface area contributed by atoms with Gasteiger partial charge in [-0.3, -0.25) is 9.59 Å². The quantitative estimate of drug-likeness (QED) is 0.416. The summed E-state index contributed by atoms with van der Waals surface area (Å²) in [6.45, 7) is 2.13. The molecule has 0 bridgehead atoms. The van der Waals surface area contributed by atoms with E-state index in [9.17, 15) is 14.7 Å². The monoisotopic (exact) mass is 284 g/mol. The van der Waals surface area contributed by atoms with Crippen LogP contribution in [-0.2, 0) is 14.4 Å². The molecule has 0 saturated heterocycles. The molecule has 0 aliphatic rings. The number of carboxylic acids is 1. The smallest absolute Gasteiger partial charge is 0.327 e. The van der Waals surface area contributed by atoms with Crippen molar-refractivity contribution >= 4 is 30.4 Å². The second-order valence-corrected chi connectivity index (χ2v) is 4.30. The van der Waals surface area contributed by atoms with Crippen molar-refractivity contribution in [1.29, 1.82) is 0 Å². The zero-order valence-electron chi connectivity index (χ0n) is 10.4. The van der Waals surface area contributed by atoms with E-state index >= 15 is 0 Å². The Labute approximate surface area is 116 Å². The predicted octanol–water partition coefficient (Wildman–Crippen LogP) is 1.45. The maximum atomic E-state index is 11.6. The number of rotatable bonds is 6. The van der Waals surface area contributed by atoms with Crippen LogP contribution in [-0.4, -0.2) is 28.1 Å². The van der Waals surface area contributed by atoms with Gasteiger partial charge in [-0.25, -0.2) is 0 Å². The number of carbonyl (C=O) groups excluding carboxylic acids is 1. The molecule has 1 unspecified atom stereocenters. The molecule has 0 spiro atoms. The van der Waals surface area contributed by atoms with Gasteiger partial charge in [0.2, 0.25) is 0 Å². The Morgan fingerprint density at radius 2 is 2.11 bits per heavy atom. The van der Waals surface area contributed by atoms with E-state index in [-0.39, 0.29) is 6.42 Å². The molecule has 0 saturated carbocycles. The summed E-state index contributed by atoms with van der Waals surface area (Å²) in [6.07, 6.45) is -0.305. The number of nitrogens with two attached hydrogens (primary N) is 1. The number of nitrogens with zero attached hydrogens (tertiary/aromatic N) is 1. The summed E-state index contributed by atoms with van der Waals surface area (Å²) < 4.78 is 1.04. The molecular formula is C12H16N2O4S. The lowest BCUT2D eigenvalue weighted by Crippen LogP contribution is -2.23. The molecule has 0 aliphatic heterocycles. The molecule has 0 aliphatic carbocycles. The molecule has 0 heterocycles. The van der Waals surface area contributed by atoms with Gasteiger partial charge in [0.05, 0.1) is 12.3 Å². The third kappa shape index (κ3) is 4.46. The molecule has 7 heteroatoms. The van der Waals surface area contributed by atoms with Gasteiger partial charge < -0.3 is 15.7 Å². The van der Waals surface area contributed by atoms with Crippen molar-refractivity contribution in [3.05, 3.63) is 29.8 Å². The highest BCUT2D eigenvalue weighted by atomic mass is 32.1. The lowest BCUT2D eigenvalue weighted by molar-refractivity contribution is -0.168. The molecule has 1 aromatic carbocycles. The van der Waals surface area contributed by atoms with Gasteiger partial charge in [0.25, 0.3) is 0 Å². The van der Waals surface area contributed by atoms with Crippen molar-refractivity contribution in [2.75, 3.05) is 12.3 Å². The Morgan fingerprint density at radius 3 is 2.63 bits per heavy atom. The number of thiol groups is 1. The van der Waals surface area contributed by atoms with E-state index in [0.717, 1.165) is 4.47 Å². The third-order valence-corrected chi connectivity index (χ3v) is 2.88. The lowest BCUT2D eigenvalue weighted by Gasteiger charge is -2.16. The van der Waals surface area contributed by atoms with E-state index in [4.69, 9.17) is 10.6 Å². The minimum absolute atomic E-state index is 0.305. The Hall–Kier alpha value is -1.73. The SMILES string of the molecule is CCN(S)OC(=O)CC(C(=O)O)c1ccccc1N. The number of benzene rings is 1. The molecule has 0 aromatic heterocycles. The van der Waals surface area contributed by atoms with Gasteiger partial charge in [0, 0.05) is 12.2 Å². The zero-order valence-corrected chi connectivity index (χ0v) is 11.3. The predicted molar refractivity (Wildman–Crippen MR) is 73.3 cm³/mol. The Bertz CT molecular complexity index is 467. The van der Waals surface area contributed by atoms with Gasteiger partial charge in [-0.2, -0.15) is 0 Å². The van der Waals surface area contributed by atoms with Crippen molar-refractivity contribution < 1.29 is 19.5 Å². The van der Waals surface area contributed by atoms with E-state index in [1.54, 1.807) is 31.2 Å². The van der Waals surface area contributed by atoms with Crippen molar-refractivity contribution in [2.24, 2.45) is 0 Å². The fourth-order valence-corrected chi connectivity index (χ4v) is 1.64. The molecule has 3 N–H and O–H groups in total.